The summed E-state index contributed by atoms with van der Waals surface area (Å²) in [6, 6.07) is 5.71. The summed E-state index contributed by atoms with van der Waals surface area (Å²) in [5, 5.41) is 6.96. The van der Waals surface area contributed by atoms with Crippen molar-refractivity contribution in [3.05, 3.63) is 33.3 Å². The van der Waals surface area contributed by atoms with E-state index in [9.17, 15) is 4.79 Å². The van der Waals surface area contributed by atoms with Crippen molar-refractivity contribution in [1.29, 1.82) is 0 Å². The number of hydrogen-bond acceptors (Lipinski definition) is 2. The molecule has 2 rings (SSSR count). The van der Waals surface area contributed by atoms with E-state index in [1.54, 1.807) is 0 Å². The van der Waals surface area contributed by atoms with Gasteiger partial charge in [-0.15, -0.1) is 0 Å². The van der Waals surface area contributed by atoms with Gasteiger partial charge < -0.3 is 10.6 Å². The molecule has 1 fully saturated rings. The van der Waals surface area contributed by atoms with E-state index in [1.165, 1.54) is 12.8 Å². The zero-order valence-corrected chi connectivity index (χ0v) is 13.8. The van der Waals surface area contributed by atoms with Crippen molar-refractivity contribution in [3.63, 3.8) is 0 Å². The Balaban J connectivity index is 1.71. The third kappa shape index (κ3) is 5.08. The lowest BCUT2D eigenvalue weighted by molar-refractivity contribution is -0.121. The Morgan fingerprint density at radius 2 is 2.15 bits per heavy atom. The average molecular weight is 360 g/mol. The van der Waals surface area contributed by atoms with Crippen molar-refractivity contribution in [2.75, 3.05) is 13.1 Å². The predicted molar refractivity (Wildman–Crippen MR) is 85.8 cm³/mol. The van der Waals surface area contributed by atoms with Crippen LogP contribution in [0.5, 0.6) is 0 Å². The average Bonchev–Trinajstić information content (AvgIpc) is 2.45. The quantitative estimate of drug-likeness (QED) is 0.845. The second kappa shape index (κ2) is 8.01. The molecule has 0 atom stereocenters. The lowest BCUT2D eigenvalue weighted by atomic mass is 9.93. The fraction of sp³-hybridized carbons (Fsp3) is 0.533. The largest absolute Gasteiger partial charge is 0.352 e. The van der Waals surface area contributed by atoms with Crippen molar-refractivity contribution in [3.8, 4) is 0 Å². The van der Waals surface area contributed by atoms with E-state index in [0.717, 1.165) is 29.5 Å². The SMILES string of the molecule is O=C(CCC1CCNCC1)NCc1ccc(Br)cc1Cl. The molecule has 1 heterocycles. The van der Waals surface area contributed by atoms with Gasteiger partial charge in [0.05, 0.1) is 0 Å². The molecule has 0 spiro atoms. The molecule has 0 saturated carbocycles. The minimum atomic E-state index is 0.113. The molecule has 1 aliphatic heterocycles. The van der Waals surface area contributed by atoms with Crippen LogP contribution in [0.25, 0.3) is 0 Å². The van der Waals surface area contributed by atoms with Gasteiger partial charge in [-0.2, -0.15) is 0 Å². The van der Waals surface area contributed by atoms with Crippen molar-refractivity contribution in [2.24, 2.45) is 5.92 Å². The third-order valence-corrected chi connectivity index (χ3v) is 4.57. The number of piperidine rings is 1. The van der Waals surface area contributed by atoms with Crippen LogP contribution in [-0.4, -0.2) is 19.0 Å². The van der Waals surface area contributed by atoms with Gasteiger partial charge in [0.15, 0.2) is 0 Å². The van der Waals surface area contributed by atoms with Crippen LogP contribution in [0.15, 0.2) is 22.7 Å². The Hall–Kier alpha value is -0.580. The number of nitrogens with one attached hydrogen (secondary N) is 2. The number of rotatable bonds is 5. The zero-order valence-electron chi connectivity index (χ0n) is 11.4. The number of benzene rings is 1. The summed E-state index contributed by atoms with van der Waals surface area (Å²) in [4.78, 5) is 11.9. The van der Waals surface area contributed by atoms with Gasteiger partial charge in [0.1, 0.15) is 0 Å². The monoisotopic (exact) mass is 358 g/mol. The minimum absolute atomic E-state index is 0.113. The molecule has 1 amide bonds. The highest BCUT2D eigenvalue weighted by atomic mass is 79.9. The van der Waals surface area contributed by atoms with Crippen molar-refractivity contribution < 1.29 is 4.79 Å². The zero-order chi connectivity index (χ0) is 14.4. The summed E-state index contributed by atoms with van der Waals surface area (Å²) in [6.07, 6.45) is 3.97. The van der Waals surface area contributed by atoms with Gasteiger partial charge in [-0.1, -0.05) is 33.6 Å². The van der Waals surface area contributed by atoms with Crippen LogP contribution in [0.4, 0.5) is 0 Å². The molecule has 0 bridgehead atoms. The molecule has 1 saturated heterocycles. The Morgan fingerprint density at radius 1 is 1.40 bits per heavy atom. The molecule has 1 aromatic carbocycles. The van der Waals surface area contributed by atoms with Crippen LogP contribution in [0, 0.1) is 5.92 Å². The lowest BCUT2D eigenvalue weighted by Gasteiger charge is -2.22. The van der Waals surface area contributed by atoms with E-state index in [-0.39, 0.29) is 5.91 Å². The molecule has 1 aliphatic rings. The maximum atomic E-state index is 11.9. The highest BCUT2D eigenvalue weighted by molar-refractivity contribution is 9.10. The van der Waals surface area contributed by atoms with Gasteiger partial charge in [0, 0.05) is 22.5 Å². The van der Waals surface area contributed by atoms with Crippen LogP contribution in [-0.2, 0) is 11.3 Å². The number of hydrogen-bond donors (Lipinski definition) is 2. The topological polar surface area (TPSA) is 41.1 Å². The molecule has 0 unspecified atom stereocenters. The fourth-order valence-corrected chi connectivity index (χ4v) is 3.19. The Morgan fingerprint density at radius 3 is 2.85 bits per heavy atom. The maximum absolute atomic E-state index is 11.9. The molecule has 0 aromatic heterocycles. The van der Waals surface area contributed by atoms with Gasteiger partial charge in [0.25, 0.3) is 0 Å². The predicted octanol–water partition coefficient (Wildman–Crippen LogP) is 3.50. The molecule has 2 N–H and O–H groups in total. The van der Waals surface area contributed by atoms with Crippen LogP contribution in [0.1, 0.15) is 31.2 Å². The van der Waals surface area contributed by atoms with Crippen LogP contribution in [0.2, 0.25) is 5.02 Å². The van der Waals surface area contributed by atoms with Crippen molar-refractivity contribution in [2.45, 2.75) is 32.2 Å². The highest BCUT2D eigenvalue weighted by Gasteiger charge is 2.14. The second-order valence-electron chi connectivity index (χ2n) is 5.24. The normalized spacial score (nSPS) is 16.1. The molecule has 0 radical (unpaired) electrons. The molecule has 5 heteroatoms. The summed E-state index contributed by atoms with van der Waals surface area (Å²) in [6.45, 7) is 2.67. The van der Waals surface area contributed by atoms with Gasteiger partial charge in [-0.05, 0) is 56.0 Å². The molecule has 110 valence electrons. The Labute approximate surface area is 133 Å². The van der Waals surface area contributed by atoms with E-state index < -0.39 is 0 Å². The van der Waals surface area contributed by atoms with Crippen molar-refractivity contribution in [1.82, 2.24) is 10.6 Å². The first-order valence-electron chi connectivity index (χ1n) is 7.06. The van der Waals surface area contributed by atoms with Gasteiger partial charge >= 0.3 is 0 Å². The van der Waals surface area contributed by atoms with E-state index in [0.29, 0.717) is 23.9 Å². The first-order chi connectivity index (χ1) is 9.65. The Kier molecular flexibility index (Phi) is 6.33. The number of amides is 1. The first-order valence-corrected chi connectivity index (χ1v) is 8.23. The first kappa shape index (κ1) is 15.8. The minimum Gasteiger partial charge on any atom is -0.352 e. The molecule has 3 nitrogen and oxygen atoms in total. The number of halogens is 2. The van der Waals surface area contributed by atoms with Crippen LogP contribution < -0.4 is 10.6 Å². The van der Waals surface area contributed by atoms with Gasteiger partial charge in [0.2, 0.25) is 5.91 Å². The summed E-state index contributed by atoms with van der Waals surface area (Å²) in [7, 11) is 0. The number of carbonyl (C=O) groups is 1. The smallest absolute Gasteiger partial charge is 0.220 e. The van der Waals surface area contributed by atoms with E-state index >= 15 is 0 Å². The van der Waals surface area contributed by atoms with E-state index in [4.69, 9.17) is 11.6 Å². The van der Waals surface area contributed by atoms with E-state index in [1.807, 2.05) is 18.2 Å². The van der Waals surface area contributed by atoms with Crippen molar-refractivity contribution >= 4 is 33.4 Å². The summed E-state index contributed by atoms with van der Waals surface area (Å²) in [5.41, 5.74) is 0.949. The summed E-state index contributed by atoms with van der Waals surface area (Å²) < 4.78 is 0.948. The molecule has 1 aromatic rings. The fourth-order valence-electron chi connectivity index (χ4n) is 2.45. The van der Waals surface area contributed by atoms with Gasteiger partial charge in [-0.3, -0.25) is 4.79 Å². The van der Waals surface area contributed by atoms with Crippen LogP contribution in [0.3, 0.4) is 0 Å². The standard InChI is InChI=1S/C15H20BrClN2O/c16-13-3-2-12(14(17)9-13)10-19-15(20)4-1-11-5-7-18-8-6-11/h2-3,9,11,18H,1,4-8,10H2,(H,19,20). The molecule has 0 aliphatic carbocycles. The third-order valence-electron chi connectivity index (χ3n) is 3.73. The maximum Gasteiger partial charge on any atom is 0.220 e. The highest BCUT2D eigenvalue weighted by Crippen LogP contribution is 2.21. The van der Waals surface area contributed by atoms with Gasteiger partial charge in [-0.25, -0.2) is 0 Å². The summed E-state index contributed by atoms with van der Waals surface area (Å²) >= 11 is 9.49. The van der Waals surface area contributed by atoms with E-state index in [2.05, 4.69) is 26.6 Å². The lowest BCUT2D eigenvalue weighted by Crippen LogP contribution is -2.29. The molecule has 20 heavy (non-hydrogen) atoms. The molecular formula is C15H20BrClN2O. The van der Waals surface area contributed by atoms with Crippen LogP contribution >= 0.6 is 27.5 Å². The second-order valence-corrected chi connectivity index (χ2v) is 6.57. The molecular weight excluding hydrogens is 340 g/mol. The number of carbonyl (C=O) groups excluding carboxylic acids is 1. The Bertz CT molecular complexity index is 461. The summed E-state index contributed by atoms with van der Waals surface area (Å²) in [5.74, 6) is 0.806.